The van der Waals surface area contributed by atoms with Crippen LogP contribution in [0.15, 0.2) is 60.2 Å². The number of nitrogens with one attached hydrogen (secondary N) is 1. The summed E-state index contributed by atoms with van der Waals surface area (Å²) in [6.07, 6.45) is 10.3. The lowest BCUT2D eigenvalue weighted by Gasteiger charge is -2.32. The summed E-state index contributed by atoms with van der Waals surface area (Å²) in [7, 11) is 1.72. The number of carbonyl (C=O) groups is 2. The number of piperidine rings is 1. The van der Waals surface area contributed by atoms with Crippen LogP contribution in [0.2, 0.25) is 0 Å². The lowest BCUT2D eigenvalue weighted by molar-refractivity contribution is -0.157. The number of benzene rings is 1. The van der Waals surface area contributed by atoms with Crippen molar-refractivity contribution < 1.29 is 43.9 Å². The van der Waals surface area contributed by atoms with E-state index in [1.807, 2.05) is 13.8 Å². The van der Waals surface area contributed by atoms with Crippen LogP contribution in [0, 0.1) is 11.8 Å². The number of nitrogens with zero attached hydrogens (tertiary/aromatic N) is 1. The van der Waals surface area contributed by atoms with Crippen molar-refractivity contribution in [2.75, 3.05) is 25.1 Å². The Hall–Kier alpha value is -3.06. The van der Waals surface area contributed by atoms with Crippen LogP contribution in [0.3, 0.4) is 0 Å². The van der Waals surface area contributed by atoms with E-state index in [9.17, 15) is 24.9 Å². The highest BCUT2D eigenvalue weighted by Gasteiger charge is 2.54. The van der Waals surface area contributed by atoms with Gasteiger partial charge in [0, 0.05) is 51.2 Å². The first-order valence-corrected chi connectivity index (χ1v) is 19.9. The number of epoxide rings is 1. The fraction of sp³-hybridized carbons (Fsp3) is 0.674. The fourth-order valence-corrected chi connectivity index (χ4v) is 7.87. The largest absolute Gasteiger partial charge is 0.457 e. The third-order valence-corrected chi connectivity index (χ3v) is 11.4. The maximum absolute atomic E-state index is 13.0. The first kappa shape index (κ1) is 43.7. The predicted molar refractivity (Wildman–Crippen MR) is 210 cm³/mol. The zero-order valence-corrected chi connectivity index (χ0v) is 33.7. The molecular formula is C43H66N2O9. The van der Waals surface area contributed by atoms with Crippen LogP contribution in [0.1, 0.15) is 99.0 Å². The van der Waals surface area contributed by atoms with Gasteiger partial charge in [-0.1, -0.05) is 57.2 Å². The van der Waals surface area contributed by atoms with Gasteiger partial charge in [0.25, 0.3) is 0 Å². The van der Waals surface area contributed by atoms with Crippen molar-refractivity contribution in [3.63, 3.8) is 0 Å². The number of aliphatic hydroxyl groups is 3. The molecule has 2 saturated heterocycles. The number of esters is 2. The lowest BCUT2D eigenvalue weighted by Crippen LogP contribution is -2.52. The van der Waals surface area contributed by atoms with Gasteiger partial charge in [0.05, 0.1) is 36.4 Å². The minimum absolute atomic E-state index is 0.0373. The number of anilines is 1. The minimum atomic E-state index is -1.45. The number of ether oxygens (including phenoxy) is 4. The van der Waals surface area contributed by atoms with Crippen molar-refractivity contribution in [1.82, 2.24) is 5.32 Å². The molecule has 1 aromatic carbocycles. The average molecular weight is 755 g/mol. The molecule has 3 aliphatic heterocycles. The summed E-state index contributed by atoms with van der Waals surface area (Å²) in [5, 5.41) is 37.4. The van der Waals surface area contributed by atoms with Crippen molar-refractivity contribution in [3.8, 4) is 0 Å². The van der Waals surface area contributed by atoms with Crippen LogP contribution in [-0.4, -0.2) is 101 Å². The van der Waals surface area contributed by atoms with Crippen LogP contribution in [0.4, 0.5) is 5.69 Å². The van der Waals surface area contributed by atoms with E-state index >= 15 is 0 Å². The van der Waals surface area contributed by atoms with E-state index in [0.717, 1.165) is 25.1 Å². The molecule has 0 bridgehead atoms. The number of allylic oxidation sites excluding steroid dienone is 2. The van der Waals surface area contributed by atoms with E-state index < -0.39 is 47.5 Å². The number of rotatable bonds is 14. The van der Waals surface area contributed by atoms with Gasteiger partial charge in [-0.2, -0.15) is 0 Å². The standard InChI is InChI=1S/C43H66N2O9/c1-9-35(51-8)30(4)39-40(54-39)41(44-27-32-16-18-33(19-17-32)45-24-11-10-12-25-45)43(7,50)22-13-14-28(2)38-29(3)15-20-36(52-31(5)46)42(6,49)23-21-34(47)26-37(48)53-38/h13-20,22,29-30,34-36,38-41,44,47,49-50H,9-12,21,23-27H2,1-8H3/t29-,30+,34+,35-,36-,38?,39+,40-,41?,42+,43?/m0/s1. The van der Waals surface area contributed by atoms with E-state index in [4.69, 9.17) is 18.9 Å². The Morgan fingerprint density at radius 3 is 2.46 bits per heavy atom. The maximum atomic E-state index is 13.0. The van der Waals surface area contributed by atoms with Crippen molar-refractivity contribution in [3.05, 3.63) is 65.8 Å². The molecule has 1 aromatic rings. The molecule has 54 heavy (non-hydrogen) atoms. The Morgan fingerprint density at radius 1 is 1.15 bits per heavy atom. The highest BCUT2D eigenvalue weighted by molar-refractivity contribution is 5.70. The summed E-state index contributed by atoms with van der Waals surface area (Å²) in [5.41, 5.74) is 0.262. The van der Waals surface area contributed by atoms with Gasteiger partial charge in [-0.3, -0.25) is 9.59 Å². The van der Waals surface area contributed by atoms with Gasteiger partial charge in [-0.05, 0) is 88.6 Å². The molecule has 2 fully saturated rings. The van der Waals surface area contributed by atoms with Gasteiger partial charge in [0.1, 0.15) is 23.9 Å². The van der Waals surface area contributed by atoms with E-state index in [0.29, 0.717) is 12.1 Å². The molecule has 302 valence electrons. The summed E-state index contributed by atoms with van der Waals surface area (Å²) < 4.78 is 23.4. The van der Waals surface area contributed by atoms with Crippen molar-refractivity contribution in [2.45, 2.75) is 154 Å². The molecule has 0 amide bonds. The Kier molecular flexibility index (Phi) is 15.9. The number of hydrogen-bond donors (Lipinski definition) is 4. The normalized spacial score (nSPS) is 31.4. The SMILES string of the molecule is CC[C@H](OC)[C@@H](C)[C@H]1O[C@@H]1C(NCc1ccc(N2CCCCC2)cc1)C(C)(O)C=CC=C(C)C1OC(=O)C[C@H](O)CC[C@@](C)(O)[C@@H](OC(C)=O)C=C[C@@H]1C. The Labute approximate surface area is 322 Å². The van der Waals surface area contributed by atoms with Gasteiger partial charge >= 0.3 is 11.9 Å². The minimum Gasteiger partial charge on any atom is -0.457 e. The molecule has 3 heterocycles. The van der Waals surface area contributed by atoms with Gasteiger partial charge < -0.3 is 44.5 Å². The van der Waals surface area contributed by atoms with Crippen molar-refractivity contribution in [1.29, 1.82) is 0 Å². The summed E-state index contributed by atoms with van der Waals surface area (Å²) in [5.74, 6) is -1.35. The van der Waals surface area contributed by atoms with Gasteiger partial charge in [0.2, 0.25) is 0 Å². The molecule has 11 nitrogen and oxygen atoms in total. The molecule has 0 radical (unpaired) electrons. The van der Waals surface area contributed by atoms with E-state index in [-0.39, 0.29) is 49.4 Å². The van der Waals surface area contributed by atoms with Gasteiger partial charge in [-0.25, -0.2) is 0 Å². The fourth-order valence-electron chi connectivity index (χ4n) is 7.87. The molecule has 11 heteroatoms. The number of aliphatic hydroxyl groups excluding tert-OH is 1. The van der Waals surface area contributed by atoms with Crippen LogP contribution >= 0.6 is 0 Å². The zero-order chi connectivity index (χ0) is 39.6. The van der Waals surface area contributed by atoms with E-state index in [2.05, 4.69) is 48.3 Å². The second kappa shape index (κ2) is 19.7. The summed E-state index contributed by atoms with van der Waals surface area (Å²) in [4.78, 5) is 27.3. The van der Waals surface area contributed by atoms with Gasteiger partial charge in [-0.15, -0.1) is 0 Å². The third kappa shape index (κ3) is 12.2. The predicted octanol–water partition coefficient (Wildman–Crippen LogP) is 5.55. The number of carbonyl (C=O) groups excluding carboxylic acids is 2. The maximum Gasteiger partial charge on any atom is 0.309 e. The second-order valence-corrected chi connectivity index (χ2v) is 16.1. The van der Waals surface area contributed by atoms with Crippen LogP contribution < -0.4 is 10.2 Å². The average Bonchev–Trinajstić information content (AvgIpc) is 3.92. The second-order valence-electron chi connectivity index (χ2n) is 16.1. The zero-order valence-electron chi connectivity index (χ0n) is 33.7. The van der Waals surface area contributed by atoms with Gasteiger partial charge in [0.15, 0.2) is 0 Å². The van der Waals surface area contributed by atoms with Crippen molar-refractivity contribution >= 4 is 17.6 Å². The molecule has 11 atom stereocenters. The van der Waals surface area contributed by atoms with E-state index in [1.165, 1.54) is 31.9 Å². The number of methoxy groups -OCH3 is 1. The first-order chi connectivity index (χ1) is 25.6. The summed E-state index contributed by atoms with van der Waals surface area (Å²) in [6.45, 7) is 15.2. The van der Waals surface area contributed by atoms with Crippen LogP contribution in [0.25, 0.3) is 0 Å². The molecule has 0 saturated carbocycles. The Bertz CT molecular complexity index is 1440. The Morgan fingerprint density at radius 2 is 1.83 bits per heavy atom. The molecule has 4 rings (SSSR count). The molecule has 4 N–H and O–H groups in total. The molecule has 0 spiro atoms. The highest BCUT2D eigenvalue weighted by Crippen LogP contribution is 2.39. The molecular weight excluding hydrogens is 688 g/mol. The smallest absolute Gasteiger partial charge is 0.309 e. The lowest BCUT2D eigenvalue weighted by atomic mass is 9.87. The highest BCUT2D eigenvalue weighted by atomic mass is 16.6. The molecule has 0 aromatic heterocycles. The van der Waals surface area contributed by atoms with Crippen LogP contribution in [0.5, 0.6) is 0 Å². The van der Waals surface area contributed by atoms with E-state index in [1.54, 1.807) is 51.3 Å². The summed E-state index contributed by atoms with van der Waals surface area (Å²) in [6, 6.07) is 8.20. The quantitative estimate of drug-likeness (QED) is 0.0820. The number of cyclic esters (lactones) is 1. The monoisotopic (exact) mass is 754 g/mol. The number of hydrogen-bond acceptors (Lipinski definition) is 11. The third-order valence-electron chi connectivity index (χ3n) is 11.4. The Balaban J connectivity index is 1.55. The molecule has 3 aliphatic rings. The molecule has 0 aliphatic carbocycles. The first-order valence-electron chi connectivity index (χ1n) is 19.9. The summed E-state index contributed by atoms with van der Waals surface area (Å²) >= 11 is 0. The van der Waals surface area contributed by atoms with Crippen LogP contribution in [-0.2, 0) is 35.1 Å². The topological polar surface area (TPSA) is 150 Å². The molecule has 3 unspecified atom stereocenters. The van der Waals surface area contributed by atoms with Crippen molar-refractivity contribution in [2.24, 2.45) is 11.8 Å².